The van der Waals surface area contributed by atoms with Crippen molar-refractivity contribution in [2.45, 2.75) is 6.92 Å². The Bertz CT molecular complexity index is 511. The fourth-order valence-corrected chi connectivity index (χ4v) is 2.43. The van der Waals surface area contributed by atoms with E-state index in [4.69, 9.17) is 5.11 Å². The summed E-state index contributed by atoms with van der Waals surface area (Å²) in [5, 5.41) is 9.12. The molecule has 0 atom stereocenters. The molecule has 2 rings (SSSR count). The number of aromatic carboxylic acids is 1. The molecule has 1 aliphatic heterocycles. The molecule has 5 nitrogen and oxygen atoms in total. The summed E-state index contributed by atoms with van der Waals surface area (Å²) in [5.74, 6) is -2.16. The van der Waals surface area contributed by atoms with Gasteiger partial charge in [-0.25, -0.2) is 9.69 Å². The molecule has 2 amide bonds. The first-order valence-electron chi connectivity index (χ1n) is 4.40. The van der Waals surface area contributed by atoms with Crippen LogP contribution in [0.3, 0.4) is 0 Å². The standard InChI is InChI=1S/C10H7NO4S/c1-5-4-6(10(14)15)9(16-5)11-7(12)2-3-8(11)13/h2-4H,1H3,(H,14,15). The largest absolute Gasteiger partial charge is 0.478 e. The van der Waals surface area contributed by atoms with Crippen LogP contribution in [0.4, 0.5) is 5.00 Å². The van der Waals surface area contributed by atoms with Crippen LogP contribution >= 0.6 is 11.3 Å². The molecule has 16 heavy (non-hydrogen) atoms. The van der Waals surface area contributed by atoms with E-state index in [9.17, 15) is 14.4 Å². The number of amides is 2. The minimum Gasteiger partial charge on any atom is -0.478 e. The maximum atomic E-state index is 11.4. The molecule has 0 saturated heterocycles. The zero-order valence-electron chi connectivity index (χ0n) is 8.26. The molecule has 0 radical (unpaired) electrons. The van der Waals surface area contributed by atoms with Gasteiger partial charge in [-0.05, 0) is 13.0 Å². The molecular formula is C10H7NO4S. The van der Waals surface area contributed by atoms with E-state index in [0.717, 1.165) is 33.3 Å². The summed E-state index contributed by atoms with van der Waals surface area (Å²) in [6.07, 6.45) is 2.26. The molecule has 0 aliphatic carbocycles. The van der Waals surface area contributed by atoms with Gasteiger partial charge in [0.1, 0.15) is 5.00 Å². The van der Waals surface area contributed by atoms with E-state index in [1.165, 1.54) is 6.07 Å². The van der Waals surface area contributed by atoms with Crippen molar-refractivity contribution in [2.75, 3.05) is 4.90 Å². The summed E-state index contributed by atoms with van der Waals surface area (Å²) in [6.45, 7) is 1.72. The van der Waals surface area contributed by atoms with Crippen LogP contribution < -0.4 is 4.90 Å². The number of hydrogen-bond donors (Lipinski definition) is 1. The van der Waals surface area contributed by atoms with E-state index in [1.54, 1.807) is 6.92 Å². The molecular weight excluding hydrogens is 230 g/mol. The van der Waals surface area contributed by atoms with E-state index in [-0.39, 0.29) is 10.6 Å². The summed E-state index contributed by atoms with van der Waals surface area (Å²) in [5.41, 5.74) is -0.0205. The van der Waals surface area contributed by atoms with Crippen molar-refractivity contribution in [1.82, 2.24) is 0 Å². The number of rotatable bonds is 2. The second kappa shape index (κ2) is 3.57. The second-order valence-electron chi connectivity index (χ2n) is 3.23. The third-order valence-electron chi connectivity index (χ3n) is 2.08. The maximum Gasteiger partial charge on any atom is 0.338 e. The number of anilines is 1. The molecule has 2 heterocycles. The number of carbonyl (C=O) groups excluding carboxylic acids is 2. The number of aryl methyl sites for hydroxylation is 1. The minimum atomic E-state index is -1.15. The lowest BCUT2D eigenvalue weighted by molar-refractivity contribution is -0.119. The smallest absolute Gasteiger partial charge is 0.338 e. The van der Waals surface area contributed by atoms with Gasteiger partial charge in [-0.15, -0.1) is 11.3 Å². The molecule has 1 aliphatic rings. The van der Waals surface area contributed by atoms with Gasteiger partial charge in [-0.1, -0.05) is 0 Å². The van der Waals surface area contributed by atoms with Gasteiger partial charge < -0.3 is 5.11 Å². The predicted molar refractivity (Wildman–Crippen MR) is 57.6 cm³/mol. The van der Waals surface area contributed by atoms with Crippen LogP contribution in [-0.2, 0) is 9.59 Å². The molecule has 0 aromatic carbocycles. The van der Waals surface area contributed by atoms with Crippen molar-refractivity contribution >= 4 is 34.1 Å². The lowest BCUT2D eigenvalue weighted by Crippen LogP contribution is -2.29. The van der Waals surface area contributed by atoms with Crippen molar-refractivity contribution in [3.05, 3.63) is 28.7 Å². The summed E-state index contributed by atoms with van der Waals surface area (Å²) < 4.78 is 0. The van der Waals surface area contributed by atoms with Gasteiger partial charge in [0.2, 0.25) is 0 Å². The van der Waals surface area contributed by atoms with Gasteiger partial charge in [-0.3, -0.25) is 9.59 Å². The first-order chi connectivity index (χ1) is 7.50. The Balaban J connectivity index is 2.52. The molecule has 0 unspecified atom stereocenters. The fourth-order valence-electron chi connectivity index (χ4n) is 1.42. The summed E-state index contributed by atoms with van der Waals surface area (Å²) in [7, 11) is 0. The topological polar surface area (TPSA) is 74.7 Å². The Hall–Kier alpha value is -1.95. The molecule has 1 aromatic rings. The number of carbonyl (C=O) groups is 3. The monoisotopic (exact) mass is 237 g/mol. The van der Waals surface area contributed by atoms with Crippen molar-refractivity contribution in [3.8, 4) is 0 Å². The van der Waals surface area contributed by atoms with E-state index >= 15 is 0 Å². The number of thiophene rings is 1. The number of hydrogen-bond acceptors (Lipinski definition) is 4. The highest BCUT2D eigenvalue weighted by Crippen LogP contribution is 2.33. The van der Waals surface area contributed by atoms with Crippen molar-refractivity contribution in [1.29, 1.82) is 0 Å². The van der Waals surface area contributed by atoms with Crippen LogP contribution in [0, 0.1) is 6.92 Å². The van der Waals surface area contributed by atoms with Crippen molar-refractivity contribution in [3.63, 3.8) is 0 Å². The summed E-state index contributed by atoms with van der Waals surface area (Å²) >= 11 is 1.11. The van der Waals surface area contributed by atoms with E-state index in [1.807, 2.05) is 0 Å². The molecule has 0 fully saturated rings. The zero-order chi connectivity index (χ0) is 11.9. The lowest BCUT2D eigenvalue weighted by atomic mass is 10.3. The minimum absolute atomic E-state index is 0.0205. The van der Waals surface area contributed by atoms with Crippen LogP contribution in [-0.4, -0.2) is 22.9 Å². The van der Waals surface area contributed by atoms with Gasteiger partial charge in [0.05, 0.1) is 5.56 Å². The molecule has 1 N–H and O–H groups in total. The molecule has 6 heteroatoms. The fraction of sp³-hybridized carbons (Fsp3) is 0.100. The molecule has 0 saturated carbocycles. The Kier molecular flexibility index (Phi) is 2.35. The third-order valence-corrected chi connectivity index (χ3v) is 3.11. The van der Waals surface area contributed by atoms with E-state index < -0.39 is 17.8 Å². The summed E-state index contributed by atoms with van der Waals surface area (Å²) in [6, 6.07) is 1.45. The Labute approximate surface area is 94.6 Å². The molecule has 82 valence electrons. The third kappa shape index (κ3) is 1.53. The van der Waals surface area contributed by atoms with Gasteiger partial charge in [0.15, 0.2) is 0 Å². The van der Waals surface area contributed by atoms with Crippen LogP contribution in [0.1, 0.15) is 15.2 Å². The van der Waals surface area contributed by atoms with Crippen molar-refractivity contribution < 1.29 is 19.5 Å². The van der Waals surface area contributed by atoms with Crippen molar-refractivity contribution in [2.24, 2.45) is 0 Å². The molecule has 0 spiro atoms. The normalized spacial score (nSPS) is 14.9. The Morgan fingerprint density at radius 3 is 2.38 bits per heavy atom. The quantitative estimate of drug-likeness (QED) is 0.784. The Morgan fingerprint density at radius 1 is 1.31 bits per heavy atom. The lowest BCUT2D eigenvalue weighted by Gasteiger charge is -2.11. The predicted octanol–water partition coefficient (Wildman–Crippen LogP) is 1.18. The molecule has 0 bridgehead atoms. The number of imide groups is 1. The van der Waals surface area contributed by atoms with Gasteiger partial charge >= 0.3 is 5.97 Å². The van der Waals surface area contributed by atoms with E-state index in [0.29, 0.717) is 0 Å². The van der Waals surface area contributed by atoms with E-state index in [2.05, 4.69) is 0 Å². The molecule has 1 aromatic heterocycles. The van der Waals surface area contributed by atoms with Crippen LogP contribution in [0.2, 0.25) is 0 Å². The van der Waals surface area contributed by atoms with Gasteiger partial charge in [0.25, 0.3) is 11.8 Å². The zero-order valence-corrected chi connectivity index (χ0v) is 9.08. The van der Waals surface area contributed by atoms with Crippen LogP contribution in [0.5, 0.6) is 0 Å². The number of carboxylic acids is 1. The first kappa shape index (κ1) is 10.6. The van der Waals surface area contributed by atoms with Gasteiger partial charge in [0, 0.05) is 17.0 Å². The highest BCUT2D eigenvalue weighted by molar-refractivity contribution is 7.17. The summed E-state index contributed by atoms with van der Waals surface area (Å²) in [4.78, 5) is 35.4. The van der Waals surface area contributed by atoms with Crippen LogP contribution in [0.15, 0.2) is 18.2 Å². The average Bonchev–Trinajstić information content (AvgIpc) is 2.70. The maximum absolute atomic E-state index is 11.4. The Morgan fingerprint density at radius 2 is 1.88 bits per heavy atom. The number of carboxylic acid groups (broad SMARTS) is 1. The highest BCUT2D eigenvalue weighted by Gasteiger charge is 2.30. The van der Waals surface area contributed by atoms with Gasteiger partial charge in [-0.2, -0.15) is 0 Å². The second-order valence-corrected chi connectivity index (χ2v) is 4.46. The highest BCUT2D eigenvalue weighted by atomic mass is 32.1. The first-order valence-corrected chi connectivity index (χ1v) is 5.22. The number of nitrogens with zero attached hydrogens (tertiary/aromatic N) is 1. The van der Waals surface area contributed by atoms with Crippen LogP contribution in [0.25, 0.3) is 0 Å². The SMILES string of the molecule is Cc1cc(C(=O)O)c(N2C(=O)C=CC2=O)s1. The average molecular weight is 237 g/mol.